The van der Waals surface area contributed by atoms with Gasteiger partial charge in [0.05, 0.1) is 0 Å². The Labute approximate surface area is 52.8 Å². The zero-order valence-electron chi connectivity index (χ0n) is 4.52. The normalized spacial score (nSPS) is 23.6. The van der Waals surface area contributed by atoms with E-state index in [1.54, 1.807) is 0 Å². The van der Waals surface area contributed by atoms with Crippen LogP contribution in [0.4, 0.5) is 0 Å². The lowest BCUT2D eigenvalue weighted by molar-refractivity contribution is 0.655. The zero-order chi connectivity index (χ0) is 5.11. The van der Waals surface area contributed by atoms with E-state index in [1.165, 1.54) is 17.9 Å². The Morgan fingerprint density at radius 2 is 2.00 bits per heavy atom. The second-order valence-corrected chi connectivity index (χ2v) is 4.40. The van der Waals surface area contributed by atoms with Gasteiger partial charge in [0, 0.05) is 11.5 Å². The molecule has 7 heavy (non-hydrogen) atoms. The highest BCUT2D eigenvalue weighted by Gasteiger charge is 2.12. The lowest BCUT2D eigenvalue weighted by Gasteiger charge is -1.97. The molecule has 2 heteroatoms. The molecule has 0 aliphatic carbocycles. The van der Waals surface area contributed by atoms with Gasteiger partial charge in [0.2, 0.25) is 0 Å². The molecule has 0 N–H and O–H groups in total. The van der Waals surface area contributed by atoms with E-state index < -0.39 is 0 Å². The van der Waals surface area contributed by atoms with Gasteiger partial charge in [-0.3, -0.25) is 0 Å². The highest BCUT2D eigenvalue weighted by Crippen LogP contribution is 2.35. The van der Waals surface area contributed by atoms with Crippen LogP contribution in [0.5, 0.6) is 0 Å². The van der Waals surface area contributed by atoms with Crippen LogP contribution in [0.15, 0.2) is 0 Å². The summed E-state index contributed by atoms with van der Waals surface area (Å²) in [7, 11) is 4.05. The molecule has 0 amide bonds. The minimum atomic E-state index is 1.02. The van der Waals surface area contributed by atoms with Gasteiger partial charge in [-0.1, -0.05) is 34.9 Å². The highest BCUT2D eigenvalue weighted by atomic mass is 33.1. The first-order valence-corrected chi connectivity index (χ1v) is 5.16. The first-order valence-electron chi connectivity index (χ1n) is 2.68. The van der Waals surface area contributed by atoms with Crippen molar-refractivity contribution >= 4 is 21.6 Å². The summed E-state index contributed by atoms with van der Waals surface area (Å²) in [5.74, 6) is 3.80. The number of hydrogen-bond donors (Lipinski definition) is 0. The van der Waals surface area contributed by atoms with Gasteiger partial charge in [-0.05, 0) is 5.92 Å². The van der Waals surface area contributed by atoms with Crippen molar-refractivity contribution in [3.8, 4) is 0 Å². The topological polar surface area (TPSA) is 0 Å². The Balaban J connectivity index is 2.14. The Bertz CT molecular complexity index is 48.0. The van der Waals surface area contributed by atoms with Gasteiger partial charge >= 0.3 is 0 Å². The Kier molecular flexibility index (Phi) is 2.40. The monoisotopic (exact) mass is 134 g/mol. The number of hydrogen-bond acceptors (Lipinski definition) is 2. The molecule has 0 aromatic rings. The fourth-order valence-corrected chi connectivity index (χ4v) is 3.74. The molecule has 0 unspecified atom stereocenters. The van der Waals surface area contributed by atoms with Gasteiger partial charge in [0.15, 0.2) is 0 Å². The molecule has 0 aromatic carbocycles. The molecule has 1 aliphatic heterocycles. The maximum Gasteiger partial charge on any atom is 0.00734 e. The Hall–Kier alpha value is 0.700. The molecule has 0 aromatic heterocycles. The van der Waals surface area contributed by atoms with E-state index in [2.05, 4.69) is 6.92 Å². The van der Waals surface area contributed by atoms with E-state index in [-0.39, 0.29) is 0 Å². The first kappa shape index (κ1) is 5.83. The summed E-state index contributed by atoms with van der Waals surface area (Å²) in [6, 6.07) is 0. The Morgan fingerprint density at radius 3 is 2.29 bits per heavy atom. The SMILES string of the molecule is CCC1CSSC1. The molecule has 0 radical (unpaired) electrons. The third-order valence-electron chi connectivity index (χ3n) is 1.27. The van der Waals surface area contributed by atoms with E-state index in [1.807, 2.05) is 21.6 Å². The fraction of sp³-hybridized carbons (Fsp3) is 1.00. The predicted octanol–water partition coefficient (Wildman–Crippen LogP) is 2.41. The van der Waals surface area contributed by atoms with Crippen LogP contribution in [0.2, 0.25) is 0 Å². The molecular weight excluding hydrogens is 124 g/mol. The summed E-state index contributed by atoms with van der Waals surface area (Å²) in [5, 5.41) is 0. The first-order chi connectivity index (χ1) is 3.43. The fourth-order valence-electron chi connectivity index (χ4n) is 0.572. The van der Waals surface area contributed by atoms with Gasteiger partial charge < -0.3 is 0 Å². The molecule has 42 valence electrons. The van der Waals surface area contributed by atoms with Crippen LogP contribution >= 0.6 is 21.6 Å². The van der Waals surface area contributed by atoms with Crippen LogP contribution < -0.4 is 0 Å². The van der Waals surface area contributed by atoms with Crippen LogP contribution in [0.3, 0.4) is 0 Å². The van der Waals surface area contributed by atoms with Crippen molar-refractivity contribution in [2.75, 3.05) is 11.5 Å². The maximum atomic E-state index is 2.27. The zero-order valence-corrected chi connectivity index (χ0v) is 6.15. The lowest BCUT2D eigenvalue weighted by atomic mass is 10.2. The second-order valence-electron chi connectivity index (χ2n) is 1.84. The molecule has 1 heterocycles. The van der Waals surface area contributed by atoms with Crippen LogP contribution in [0.1, 0.15) is 13.3 Å². The molecule has 0 spiro atoms. The predicted molar refractivity (Wildman–Crippen MR) is 38.7 cm³/mol. The summed E-state index contributed by atoms with van der Waals surface area (Å²) in [5.41, 5.74) is 0. The summed E-state index contributed by atoms with van der Waals surface area (Å²) in [6.45, 7) is 2.27. The maximum absolute atomic E-state index is 2.27. The summed E-state index contributed by atoms with van der Waals surface area (Å²) >= 11 is 0. The minimum absolute atomic E-state index is 1.02. The highest BCUT2D eigenvalue weighted by molar-refractivity contribution is 8.77. The van der Waals surface area contributed by atoms with E-state index in [4.69, 9.17) is 0 Å². The third-order valence-corrected chi connectivity index (χ3v) is 3.97. The molecule has 0 nitrogen and oxygen atoms in total. The van der Waals surface area contributed by atoms with Gasteiger partial charge in [0.1, 0.15) is 0 Å². The van der Waals surface area contributed by atoms with Gasteiger partial charge in [-0.2, -0.15) is 0 Å². The second kappa shape index (κ2) is 2.88. The van der Waals surface area contributed by atoms with E-state index >= 15 is 0 Å². The average Bonchev–Trinajstić information content (AvgIpc) is 2.14. The minimum Gasteiger partial charge on any atom is -0.0938 e. The summed E-state index contributed by atoms with van der Waals surface area (Å²) in [6.07, 6.45) is 1.38. The lowest BCUT2D eigenvalue weighted by Crippen LogP contribution is -1.96. The van der Waals surface area contributed by atoms with Crippen molar-refractivity contribution in [1.82, 2.24) is 0 Å². The van der Waals surface area contributed by atoms with Crippen molar-refractivity contribution in [2.45, 2.75) is 13.3 Å². The molecule has 1 rings (SSSR count). The van der Waals surface area contributed by atoms with Gasteiger partial charge in [-0.25, -0.2) is 0 Å². The van der Waals surface area contributed by atoms with Crippen molar-refractivity contribution in [3.05, 3.63) is 0 Å². The molecule has 1 saturated heterocycles. The van der Waals surface area contributed by atoms with Crippen molar-refractivity contribution < 1.29 is 0 Å². The largest absolute Gasteiger partial charge is 0.0938 e. The van der Waals surface area contributed by atoms with Crippen LogP contribution in [-0.4, -0.2) is 11.5 Å². The van der Waals surface area contributed by atoms with Crippen LogP contribution in [0, 0.1) is 5.92 Å². The van der Waals surface area contributed by atoms with Crippen LogP contribution in [-0.2, 0) is 0 Å². The molecule has 1 aliphatic rings. The van der Waals surface area contributed by atoms with Gasteiger partial charge in [-0.15, -0.1) is 0 Å². The molecular formula is C5H10S2. The average molecular weight is 134 g/mol. The van der Waals surface area contributed by atoms with E-state index in [0.29, 0.717) is 0 Å². The van der Waals surface area contributed by atoms with Gasteiger partial charge in [0.25, 0.3) is 0 Å². The van der Waals surface area contributed by atoms with Crippen LogP contribution in [0.25, 0.3) is 0 Å². The molecule has 1 fully saturated rings. The van der Waals surface area contributed by atoms with Crippen molar-refractivity contribution in [3.63, 3.8) is 0 Å². The standard InChI is InChI=1S/C5H10S2/c1-2-5-3-6-7-4-5/h5H,2-4H2,1H3. The summed E-state index contributed by atoms with van der Waals surface area (Å²) in [4.78, 5) is 0. The van der Waals surface area contributed by atoms with Crippen molar-refractivity contribution in [2.24, 2.45) is 5.92 Å². The van der Waals surface area contributed by atoms with E-state index in [9.17, 15) is 0 Å². The number of rotatable bonds is 1. The quantitative estimate of drug-likeness (QED) is 0.505. The molecule has 0 bridgehead atoms. The van der Waals surface area contributed by atoms with Crippen molar-refractivity contribution in [1.29, 1.82) is 0 Å². The van der Waals surface area contributed by atoms with E-state index in [0.717, 1.165) is 5.92 Å². The third kappa shape index (κ3) is 1.57. The summed E-state index contributed by atoms with van der Waals surface area (Å²) < 4.78 is 0. The molecule has 0 atom stereocenters. The Morgan fingerprint density at radius 1 is 1.43 bits per heavy atom. The molecule has 0 saturated carbocycles. The smallest absolute Gasteiger partial charge is 0.00734 e.